The van der Waals surface area contributed by atoms with Crippen LogP contribution in [-0.2, 0) is 11.3 Å². The highest BCUT2D eigenvalue weighted by Gasteiger charge is 2.21. The molecule has 0 spiro atoms. The fourth-order valence-electron chi connectivity index (χ4n) is 3.38. The second-order valence-corrected chi connectivity index (χ2v) is 9.50. The third kappa shape index (κ3) is 4.89. The molecule has 3 heterocycles. The van der Waals surface area contributed by atoms with E-state index in [1.54, 1.807) is 0 Å². The Hall–Kier alpha value is -1.72. The summed E-state index contributed by atoms with van der Waals surface area (Å²) in [4.78, 5) is 12.4. The van der Waals surface area contributed by atoms with E-state index in [9.17, 15) is 4.79 Å². The van der Waals surface area contributed by atoms with E-state index in [1.165, 1.54) is 55.2 Å². The fourth-order valence-corrected chi connectivity index (χ4v) is 5.42. The lowest BCUT2D eigenvalue weighted by molar-refractivity contribution is -0.113. The molecule has 0 aliphatic heterocycles. The Balaban J connectivity index is 1.35. The van der Waals surface area contributed by atoms with Crippen molar-refractivity contribution in [1.82, 2.24) is 25.0 Å². The largest absolute Gasteiger partial charge is 0.446 e. The molecule has 0 bridgehead atoms. The lowest BCUT2D eigenvalue weighted by Crippen LogP contribution is -2.14. The predicted molar refractivity (Wildman–Crippen MR) is 116 cm³/mol. The van der Waals surface area contributed by atoms with Crippen molar-refractivity contribution in [2.24, 2.45) is 0 Å². The number of carbonyl (C=O) groups excluding carboxylic acids is 1. The molecule has 4 rings (SSSR count). The van der Waals surface area contributed by atoms with Gasteiger partial charge in [0.05, 0.1) is 5.75 Å². The van der Waals surface area contributed by atoms with Gasteiger partial charge in [0.1, 0.15) is 5.01 Å². The number of aromatic nitrogens is 5. The number of nitrogens with one attached hydrogen (secondary N) is 1. The van der Waals surface area contributed by atoms with Crippen LogP contribution >= 0.6 is 39.0 Å². The van der Waals surface area contributed by atoms with E-state index in [0.717, 1.165) is 5.01 Å². The zero-order chi connectivity index (χ0) is 20.2. The Morgan fingerprint density at radius 2 is 2.10 bits per heavy atom. The number of furan rings is 1. The van der Waals surface area contributed by atoms with Gasteiger partial charge in [0.2, 0.25) is 16.9 Å². The van der Waals surface area contributed by atoms with Crippen molar-refractivity contribution in [1.29, 1.82) is 0 Å². The number of hydrogen-bond donors (Lipinski definition) is 1. The third-order valence-electron chi connectivity index (χ3n) is 4.80. The van der Waals surface area contributed by atoms with Crippen LogP contribution in [-0.4, -0.2) is 36.6 Å². The second-order valence-electron chi connectivity index (χ2n) is 6.77. The molecule has 3 aromatic rings. The van der Waals surface area contributed by atoms with Crippen LogP contribution in [0.25, 0.3) is 11.6 Å². The Kier molecular flexibility index (Phi) is 6.66. The van der Waals surface area contributed by atoms with Gasteiger partial charge in [-0.1, -0.05) is 42.4 Å². The molecule has 29 heavy (non-hydrogen) atoms. The first kappa shape index (κ1) is 20.5. The number of halogens is 1. The summed E-state index contributed by atoms with van der Waals surface area (Å²) in [6.45, 7) is 2.68. The van der Waals surface area contributed by atoms with Gasteiger partial charge >= 0.3 is 0 Å². The number of anilines is 1. The number of rotatable bonds is 7. The van der Waals surface area contributed by atoms with Crippen LogP contribution in [0.15, 0.2) is 26.4 Å². The predicted octanol–water partition coefficient (Wildman–Crippen LogP) is 4.95. The molecule has 1 N–H and O–H groups in total. The first-order chi connectivity index (χ1) is 14.1. The third-order valence-corrected chi connectivity index (χ3v) is 7.19. The maximum Gasteiger partial charge on any atom is 0.236 e. The smallest absolute Gasteiger partial charge is 0.236 e. The van der Waals surface area contributed by atoms with E-state index in [0.29, 0.717) is 39.0 Å². The number of carbonyl (C=O) groups is 1. The van der Waals surface area contributed by atoms with Gasteiger partial charge in [-0.3, -0.25) is 14.7 Å². The van der Waals surface area contributed by atoms with Crippen LogP contribution in [0.1, 0.15) is 50.0 Å². The molecule has 1 fully saturated rings. The standard InChI is InChI=1S/C18H21BrN6O2S2/c1-2-25-15(12-8-9-13(19)27-12)21-24-18(25)28-10-14(26)20-17-23-22-16(29-17)11-6-4-3-5-7-11/h8-9,11H,2-7,10H2,1H3,(H,20,23,26). The van der Waals surface area contributed by atoms with E-state index in [-0.39, 0.29) is 11.7 Å². The van der Waals surface area contributed by atoms with Crippen LogP contribution in [0.4, 0.5) is 5.13 Å². The van der Waals surface area contributed by atoms with Crippen LogP contribution in [0, 0.1) is 0 Å². The summed E-state index contributed by atoms with van der Waals surface area (Å²) >= 11 is 6.12. The minimum Gasteiger partial charge on any atom is -0.446 e. The Morgan fingerprint density at radius 1 is 1.28 bits per heavy atom. The van der Waals surface area contributed by atoms with Crippen LogP contribution < -0.4 is 5.32 Å². The average Bonchev–Trinajstić information content (AvgIpc) is 3.46. The summed E-state index contributed by atoms with van der Waals surface area (Å²) in [6.07, 6.45) is 6.13. The van der Waals surface area contributed by atoms with Gasteiger partial charge in [-0.05, 0) is 47.8 Å². The molecule has 0 atom stereocenters. The van der Waals surface area contributed by atoms with E-state index >= 15 is 0 Å². The summed E-state index contributed by atoms with van der Waals surface area (Å²) in [7, 11) is 0. The molecular weight excluding hydrogens is 476 g/mol. The molecule has 0 unspecified atom stereocenters. The van der Waals surface area contributed by atoms with Crippen molar-refractivity contribution in [2.75, 3.05) is 11.1 Å². The Morgan fingerprint density at radius 3 is 2.83 bits per heavy atom. The maximum atomic E-state index is 12.4. The van der Waals surface area contributed by atoms with Crippen molar-refractivity contribution in [2.45, 2.75) is 56.6 Å². The van der Waals surface area contributed by atoms with Crippen LogP contribution in [0.5, 0.6) is 0 Å². The van der Waals surface area contributed by atoms with Gasteiger partial charge < -0.3 is 4.42 Å². The molecule has 0 radical (unpaired) electrons. The van der Waals surface area contributed by atoms with E-state index in [1.807, 2.05) is 23.6 Å². The highest BCUT2D eigenvalue weighted by molar-refractivity contribution is 9.10. The molecule has 3 aromatic heterocycles. The summed E-state index contributed by atoms with van der Waals surface area (Å²) < 4.78 is 8.13. The lowest BCUT2D eigenvalue weighted by Gasteiger charge is -2.18. The molecule has 1 saturated carbocycles. The molecule has 154 valence electrons. The molecule has 0 saturated heterocycles. The van der Waals surface area contributed by atoms with Gasteiger partial charge in [-0.2, -0.15) is 0 Å². The zero-order valence-corrected chi connectivity index (χ0v) is 19.1. The highest BCUT2D eigenvalue weighted by Crippen LogP contribution is 2.35. The molecule has 8 nitrogen and oxygen atoms in total. The number of thioether (sulfide) groups is 1. The molecule has 11 heteroatoms. The SMILES string of the molecule is CCn1c(SCC(=O)Nc2nnc(C3CCCCC3)s2)nnc1-c1ccc(Br)o1. The quantitative estimate of drug-likeness (QED) is 0.461. The maximum absolute atomic E-state index is 12.4. The number of nitrogens with zero attached hydrogens (tertiary/aromatic N) is 5. The van der Waals surface area contributed by atoms with E-state index in [2.05, 4.69) is 41.6 Å². The average molecular weight is 497 g/mol. The van der Waals surface area contributed by atoms with Gasteiger partial charge in [-0.15, -0.1) is 20.4 Å². The fraction of sp³-hybridized carbons (Fsp3) is 0.500. The number of hydrogen-bond acceptors (Lipinski definition) is 8. The second kappa shape index (κ2) is 9.40. The Labute approximate surface area is 185 Å². The van der Waals surface area contributed by atoms with Crippen molar-refractivity contribution >= 4 is 50.1 Å². The minimum atomic E-state index is -0.130. The first-order valence-corrected chi connectivity index (χ1v) is 12.2. The van der Waals surface area contributed by atoms with Crippen molar-refractivity contribution in [3.05, 3.63) is 21.8 Å². The van der Waals surface area contributed by atoms with Crippen molar-refractivity contribution < 1.29 is 9.21 Å². The minimum absolute atomic E-state index is 0.130. The number of amides is 1. The first-order valence-electron chi connectivity index (χ1n) is 9.59. The van der Waals surface area contributed by atoms with E-state index in [4.69, 9.17) is 4.42 Å². The van der Waals surface area contributed by atoms with Crippen molar-refractivity contribution in [3.63, 3.8) is 0 Å². The molecule has 1 aliphatic rings. The summed E-state index contributed by atoms with van der Waals surface area (Å²) in [5.41, 5.74) is 0. The van der Waals surface area contributed by atoms with Gasteiger partial charge in [0.15, 0.2) is 15.6 Å². The van der Waals surface area contributed by atoms with Gasteiger partial charge in [0.25, 0.3) is 0 Å². The molecule has 0 aromatic carbocycles. The molecular formula is C18H21BrN6O2S2. The topological polar surface area (TPSA) is 98.7 Å². The normalized spacial score (nSPS) is 15.0. The highest BCUT2D eigenvalue weighted by atomic mass is 79.9. The monoisotopic (exact) mass is 496 g/mol. The summed E-state index contributed by atoms with van der Waals surface area (Å²) in [6, 6.07) is 3.65. The summed E-state index contributed by atoms with van der Waals surface area (Å²) in [5.74, 6) is 1.85. The Bertz CT molecular complexity index is 979. The zero-order valence-electron chi connectivity index (χ0n) is 15.9. The molecule has 1 amide bonds. The van der Waals surface area contributed by atoms with E-state index < -0.39 is 0 Å². The van der Waals surface area contributed by atoms with Gasteiger partial charge in [0, 0.05) is 12.5 Å². The van der Waals surface area contributed by atoms with Crippen molar-refractivity contribution in [3.8, 4) is 11.6 Å². The summed E-state index contributed by atoms with van der Waals surface area (Å²) in [5, 5.41) is 22.0. The van der Waals surface area contributed by atoms with Crippen LogP contribution in [0.2, 0.25) is 0 Å². The van der Waals surface area contributed by atoms with Crippen LogP contribution in [0.3, 0.4) is 0 Å². The van der Waals surface area contributed by atoms with Gasteiger partial charge in [-0.25, -0.2) is 0 Å². The molecule has 1 aliphatic carbocycles. The lowest BCUT2D eigenvalue weighted by atomic mass is 9.90.